The fraction of sp³-hybridized carbons (Fsp3) is 0.364. The molecule has 0 saturated carbocycles. The van der Waals surface area contributed by atoms with Gasteiger partial charge in [0, 0.05) is 5.69 Å². The molecule has 26 heavy (non-hydrogen) atoms. The summed E-state index contributed by atoms with van der Waals surface area (Å²) in [6, 6.07) is 15.7. The van der Waals surface area contributed by atoms with Crippen molar-refractivity contribution in [2.24, 2.45) is 0 Å². The molecule has 0 unspecified atom stereocenters. The molecule has 0 fully saturated rings. The minimum Gasteiger partial charge on any atom is -0.456 e. The van der Waals surface area contributed by atoms with Crippen LogP contribution < -0.4 is 5.32 Å². The normalized spacial score (nSPS) is 11.9. The summed E-state index contributed by atoms with van der Waals surface area (Å²) < 4.78 is 5.16. The highest BCUT2D eigenvalue weighted by Gasteiger charge is 2.16. The zero-order valence-corrected chi connectivity index (χ0v) is 15.9. The molecule has 0 heterocycles. The monoisotopic (exact) mass is 353 g/mol. The van der Waals surface area contributed by atoms with Crippen molar-refractivity contribution in [3.8, 4) is 0 Å². The fourth-order valence-corrected chi connectivity index (χ4v) is 2.87. The third kappa shape index (κ3) is 5.45. The second-order valence-electron chi connectivity index (χ2n) is 6.92. The first-order chi connectivity index (χ1) is 12.4. The summed E-state index contributed by atoms with van der Waals surface area (Å²) in [5.41, 5.74) is 3.95. The molecule has 2 aromatic carbocycles. The Kier molecular flexibility index (Phi) is 6.96. The van der Waals surface area contributed by atoms with Gasteiger partial charge in [0.2, 0.25) is 0 Å². The van der Waals surface area contributed by atoms with Gasteiger partial charge in [0.1, 0.15) is 0 Å². The van der Waals surface area contributed by atoms with E-state index in [1.807, 2.05) is 62.4 Å². The van der Waals surface area contributed by atoms with Crippen molar-refractivity contribution in [3.63, 3.8) is 0 Å². The second kappa shape index (κ2) is 9.18. The zero-order valence-electron chi connectivity index (χ0n) is 15.9. The highest BCUT2D eigenvalue weighted by Crippen LogP contribution is 2.27. The number of hydrogen-bond donors (Lipinski definition) is 1. The van der Waals surface area contributed by atoms with Gasteiger partial charge in [-0.2, -0.15) is 0 Å². The zero-order chi connectivity index (χ0) is 19.1. The molecular formula is C22H27NO3. The largest absolute Gasteiger partial charge is 0.456 e. The van der Waals surface area contributed by atoms with Crippen LogP contribution in [0, 0.1) is 6.92 Å². The number of carbonyl (C=O) groups is 2. The molecule has 0 radical (unpaired) electrons. The lowest BCUT2D eigenvalue weighted by Gasteiger charge is -2.16. The summed E-state index contributed by atoms with van der Waals surface area (Å²) in [6.07, 6.45) is 0.249. The van der Waals surface area contributed by atoms with Crippen molar-refractivity contribution in [3.05, 3.63) is 65.2 Å². The van der Waals surface area contributed by atoms with E-state index < -0.39 is 0 Å². The molecule has 1 atom stereocenters. The number of rotatable bonds is 7. The van der Waals surface area contributed by atoms with Crippen LogP contribution in [-0.4, -0.2) is 18.5 Å². The van der Waals surface area contributed by atoms with Crippen molar-refractivity contribution in [2.75, 3.05) is 11.9 Å². The van der Waals surface area contributed by atoms with Gasteiger partial charge in [-0.15, -0.1) is 0 Å². The van der Waals surface area contributed by atoms with Crippen molar-refractivity contribution >= 4 is 17.6 Å². The predicted molar refractivity (Wildman–Crippen MR) is 104 cm³/mol. The summed E-state index contributed by atoms with van der Waals surface area (Å²) in [6.45, 7) is 7.81. The van der Waals surface area contributed by atoms with Gasteiger partial charge < -0.3 is 10.1 Å². The van der Waals surface area contributed by atoms with E-state index in [1.165, 1.54) is 0 Å². The maximum Gasteiger partial charge on any atom is 0.306 e. The number of nitrogens with one attached hydrogen (secondary N) is 1. The Hall–Kier alpha value is -2.62. The minimum atomic E-state index is -0.370. The molecule has 0 saturated heterocycles. The molecule has 0 aliphatic heterocycles. The average molecular weight is 353 g/mol. The Morgan fingerprint density at radius 2 is 1.69 bits per heavy atom. The van der Waals surface area contributed by atoms with Crippen LogP contribution in [-0.2, 0) is 14.3 Å². The number of ether oxygens (including phenoxy) is 1. The third-order valence-corrected chi connectivity index (χ3v) is 4.40. The van der Waals surface area contributed by atoms with E-state index in [0.29, 0.717) is 5.92 Å². The summed E-state index contributed by atoms with van der Waals surface area (Å²) in [5.74, 6) is -0.345. The quantitative estimate of drug-likeness (QED) is 0.728. The lowest BCUT2D eigenvalue weighted by molar-refractivity contribution is -0.147. The number of anilines is 1. The smallest absolute Gasteiger partial charge is 0.306 e. The first-order valence-electron chi connectivity index (χ1n) is 8.98. The predicted octanol–water partition coefficient (Wildman–Crippen LogP) is 4.79. The summed E-state index contributed by atoms with van der Waals surface area (Å²) in [5, 5.41) is 2.88. The summed E-state index contributed by atoms with van der Waals surface area (Å²) >= 11 is 0. The summed E-state index contributed by atoms with van der Waals surface area (Å²) in [4.78, 5) is 24.2. The fourth-order valence-electron chi connectivity index (χ4n) is 2.87. The Balaban J connectivity index is 1.88. The van der Waals surface area contributed by atoms with E-state index in [1.54, 1.807) is 0 Å². The molecular weight excluding hydrogens is 326 g/mol. The summed E-state index contributed by atoms with van der Waals surface area (Å²) in [7, 11) is 0. The molecule has 0 spiro atoms. The van der Waals surface area contributed by atoms with Crippen LogP contribution in [0.4, 0.5) is 5.69 Å². The van der Waals surface area contributed by atoms with Crippen LogP contribution in [0.25, 0.3) is 0 Å². The van der Waals surface area contributed by atoms with E-state index >= 15 is 0 Å². The highest BCUT2D eigenvalue weighted by atomic mass is 16.5. The number of esters is 1. The lowest BCUT2D eigenvalue weighted by atomic mass is 9.98. The maximum absolute atomic E-state index is 12.2. The van der Waals surface area contributed by atoms with E-state index in [2.05, 4.69) is 19.2 Å². The second-order valence-corrected chi connectivity index (χ2v) is 6.92. The highest BCUT2D eigenvalue weighted by molar-refractivity contribution is 5.94. The molecule has 0 aromatic heterocycles. The average Bonchev–Trinajstić information content (AvgIpc) is 2.62. The first-order valence-corrected chi connectivity index (χ1v) is 8.98. The van der Waals surface area contributed by atoms with Gasteiger partial charge in [0.05, 0.1) is 6.42 Å². The lowest BCUT2D eigenvalue weighted by Crippen LogP contribution is -2.22. The van der Waals surface area contributed by atoms with E-state index in [9.17, 15) is 9.59 Å². The van der Waals surface area contributed by atoms with E-state index in [0.717, 1.165) is 22.4 Å². The Labute approximate surface area is 155 Å². The van der Waals surface area contributed by atoms with Gasteiger partial charge in [0.25, 0.3) is 5.91 Å². The molecule has 4 heteroatoms. The molecule has 0 bridgehead atoms. The molecule has 0 aliphatic carbocycles. The number of carbonyl (C=O) groups excluding carboxylic acids is 2. The van der Waals surface area contributed by atoms with E-state index in [-0.39, 0.29) is 30.8 Å². The SMILES string of the molecule is Cc1cccc(C(C)C)c1NC(=O)COC(=O)C[C@@H](C)c1ccccc1. The molecule has 1 amide bonds. The van der Waals surface area contributed by atoms with Crippen LogP contribution in [0.5, 0.6) is 0 Å². The van der Waals surface area contributed by atoms with Gasteiger partial charge in [-0.3, -0.25) is 9.59 Å². The number of benzene rings is 2. The Bertz CT molecular complexity index is 753. The third-order valence-electron chi connectivity index (χ3n) is 4.40. The standard InChI is InChI=1S/C22H27NO3/c1-15(2)19-12-8-9-16(3)22(19)23-20(24)14-26-21(25)13-17(4)18-10-6-5-7-11-18/h5-12,15,17H,13-14H2,1-4H3,(H,23,24)/t17-/m1/s1. The van der Waals surface area contributed by atoms with Gasteiger partial charge in [-0.1, -0.05) is 69.3 Å². The molecule has 1 N–H and O–H groups in total. The van der Waals surface area contributed by atoms with Crippen LogP contribution in [0.1, 0.15) is 55.7 Å². The minimum absolute atomic E-state index is 0.0515. The number of amides is 1. The first kappa shape index (κ1) is 19.7. The van der Waals surface area contributed by atoms with Crippen molar-refractivity contribution in [2.45, 2.75) is 46.0 Å². The number of para-hydroxylation sites is 1. The number of aryl methyl sites for hydroxylation is 1. The van der Waals surface area contributed by atoms with Crippen molar-refractivity contribution in [1.82, 2.24) is 0 Å². The van der Waals surface area contributed by atoms with Gasteiger partial charge in [-0.05, 0) is 35.4 Å². The van der Waals surface area contributed by atoms with Crippen LogP contribution in [0.2, 0.25) is 0 Å². The van der Waals surface area contributed by atoms with Gasteiger partial charge in [0.15, 0.2) is 6.61 Å². The van der Waals surface area contributed by atoms with Crippen LogP contribution in [0.3, 0.4) is 0 Å². The molecule has 2 aromatic rings. The molecule has 4 nitrogen and oxygen atoms in total. The molecule has 2 rings (SSSR count). The molecule has 0 aliphatic rings. The Morgan fingerprint density at radius 1 is 1.00 bits per heavy atom. The van der Waals surface area contributed by atoms with Crippen LogP contribution >= 0.6 is 0 Å². The number of hydrogen-bond acceptors (Lipinski definition) is 3. The molecule has 138 valence electrons. The van der Waals surface area contributed by atoms with Crippen LogP contribution in [0.15, 0.2) is 48.5 Å². The van der Waals surface area contributed by atoms with Crippen molar-refractivity contribution < 1.29 is 14.3 Å². The topological polar surface area (TPSA) is 55.4 Å². The van der Waals surface area contributed by atoms with Gasteiger partial charge in [-0.25, -0.2) is 0 Å². The van der Waals surface area contributed by atoms with Gasteiger partial charge >= 0.3 is 5.97 Å². The maximum atomic E-state index is 12.2. The Morgan fingerprint density at radius 3 is 2.35 bits per heavy atom. The van der Waals surface area contributed by atoms with E-state index in [4.69, 9.17) is 4.74 Å². The van der Waals surface area contributed by atoms with Crippen molar-refractivity contribution in [1.29, 1.82) is 0 Å².